The molecule has 1 aromatic rings. The first-order chi connectivity index (χ1) is 10.4. The molecule has 0 aliphatic carbocycles. The van der Waals surface area contributed by atoms with Crippen LogP contribution in [0.2, 0.25) is 5.02 Å². The molecule has 0 bridgehead atoms. The zero-order valence-corrected chi connectivity index (χ0v) is 17.9. The van der Waals surface area contributed by atoms with E-state index in [-0.39, 0.29) is 24.0 Å². The minimum absolute atomic E-state index is 0. The summed E-state index contributed by atoms with van der Waals surface area (Å²) >= 11 is 5.89. The van der Waals surface area contributed by atoms with E-state index < -0.39 is 0 Å². The Morgan fingerprint density at radius 3 is 2.13 bits per heavy atom. The van der Waals surface area contributed by atoms with Gasteiger partial charge in [0.25, 0.3) is 0 Å². The molecule has 0 saturated carbocycles. The molecule has 0 aromatic heterocycles. The number of nitrogens with one attached hydrogen (secondary N) is 2. The van der Waals surface area contributed by atoms with Crippen molar-refractivity contribution < 1.29 is 0 Å². The maximum Gasteiger partial charge on any atom is 0.191 e. The van der Waals surface area contributed by atoms with Gasteiger partial charge in [0, 0.05) is 43.8 Å². The van der Waals surface area contributed by atoms with Gasteiger partial charge in [-0.3, -0.25) is 9.89 Å². The van der Waals surface area contributed by atoms with Crippen molar-refractivity contribution in [2.45, 2.75) is 46.3 Å². The fourth-order valence-corrected chi connectivity index (χ4v) is 2.55. The molecule has 0 fully saturated rings. The number of halogens is 2. The van der Waals surface area contributed by atoms with Crippen molar-refractivity contribution in [2.24, 2.45) is 4.99 Å². The van der Waals surface area contributed by atoms with Crippen molar-refractivity contribution in [3.63, 3.8) is 0 Å². The van der Waals surface area contributed by atoms with Gasteiger partial charge in [0.15, 0.2) is 5.96 Å². The molecule has 4 nitrogen and oxygen atoms in total. The summed E-state index contributed by atoms with van der Waals surface area (Å²) in [5.74, 6) is 0.822. The van der Waals surface area contributed by atoms with Crippen LogP contribution in [0.1, 0.15) is 33.3 Å². The van der Waals surface area contributed by atoms with Gasteiger partial charge in [-0.1, -0.05) is 23.7 Å². The fourth-order valence-electron chi connectivity index (χ4n) is 2.42. The molecule has 0 saturated heterocycles. The lowest BCUT2D eigenvalue weighted by molar-refractivity contribution is 0.178. The van der Waals surface area contributed by atoms with E-state index in [1.807, 2.05) is 24.3 Å². The highest BCUT2D eigenvalue weighted by Gasteiger charge is 2.12. The third kappa shape index (κ3) is 8.77. The first-order valence-corrected chi connectivity index (χ1v) is 8.26. The third-order valence-corrected chi connectivity index (χ3v) is 3.84. The smallest absolute Gasteiger partial charge is 0.191 e. The second-order valence-corrected chi connectivity index (χ2v) is 6.34. The van der Waals surface area contributed by atoms with Crippen molar-refractivity contribution >= 4 is 41.5 Å². The van der Waals surface area contributed by atoms with E-state index in [1.54, 1.807) is 7.05 Å². The second kappa shape index (κ2) is 11.9. The Bertz CT molecular complexity index is 452. The lowest BCUT2D eigenvalue weighted by Crippen LogP contribution is -2.45. The van der Waals surface area contributed by atoms with Crippen LogP contribution in [0.4, 0.5) is 0 Å². The summed E-state index contributed by atoms with van der Waals surface area (Å²) in [6, 6.07) is 8.93. The number of nitrogens with zero attached hydrogens (tertiary/aromatic N) is 2. The highest BCUT2D eigenvalue weighted by Crippen LogP contribution is 2.09. The molecule has 0 amide bonds. The molecule has 0 aliphatic heterocycles. The molecule has 132 valence electrons. The van der Waals surface area contributed by atoms with Crippen LogP contribution in [-0.4, -0.2) is 43.1 Å². The Balaban J connectivity index is 0.00000484. The molecule has 0 radical (unpaired) electrons. The van der Waals surface area contributed by atoms with E-state index in [0.717, 1.165) is 30.6 Å². The Hall–Kier alpha value is -0.530. The van der Waals surface area contributed by atoms with Gasteiger partial charge >= 0.3 is 0 Å². The molecule has 0 heterocycles. The van der Waals surface area contributed by atoms with E-state index in [9.17, 15) is 0 Å². The van der Waals surface area contributed by atoms with Gasteiger partial charge in [-0.25, -0.2) is 0 Å². The van der Waals surface area contributed by atoms with Gasteiger partial charge in [0.2, 0.25) is 0 Å². The van der Waals surface area contributed by atoms with Crippen LogP contribution in [0.25, 0.3) is 0 Å². The number of rotatable bonds is 7. The Labute approximate surface area is 163 Å². The fraction of sp³-hybridized carbons (Fsp3) is 0.588. The standard InChI is InChI=1S/C17H29ClN4.HI/c1-13(2)22(14(3)4)11-10-20-17(19-5)21-12-15-6-8-16(18)9-7-15;/h6-9,13-14H,10-12H2,1-5H3,(H2,19,20,21);1H. The normalized spacial score (nSPS) is 11.8. The van der Waals surface area contributed by atoms with E-state index >= 15 is 0 Å². The minimum atomic E-state index is 0. The summed E-state index contributed by atoms with van der Waals surface area (Å²) in [7, 11) is 1.79. The molecule has 6 heteroatoms. The van der Waals surface area contributed by atoms with Crippen LogP contribution in [0.15, 0.2) is 29.3 Å². The maximum atomic E-state index is 5.89. The van der Waals surface area contributed by atoms with E-state index in [1.165, 1.54) is 5.56 Å². The lowest BCUT2D eigenvalue weighted by atomic mass is 10.2. The van der Waals surface area contributed by atoms with E-state index in [0.29, 0.717) is 12.1 Å². The first-order valence-electron chi connectivity index (χ1n) is 7.88. The first kappa shape index (κ1) is 22.5. The summed E-state index contributed by atoms with van der Waals surface area (Å²) in [4.78, 5) is 6.71. The molecule has 1 rings (SSSR count). The summed E-state index contributed by atoms with van der Waals surface area (Å²) in [6.07, 6.45) is 0. The SMILES string of the molecule is CN=C(NCCN(C(C)C)C(C)C)NCc1ccc(Cl)cc1.I. The van der Waals surface area contributed by atoms with Crippen LogP contribution in [0, 0.1) is 0 Å². The monoisotopic (exact) mass is 452 g/mol. The predicted molar refractivity (Wildman–Crippen MR) is 112 cm³/mol. The van der Waals surface area contributed by atoms with Crippen LogP contribution in [0.3, 0.4) is 0 Å². The molecule has 23 heavy (non-hydrogen) atoms. The maximum absolute atomic E-state index is 5.89. The van der Waals surface area contributed by atoms with E-state index in [4.69, 9.17) is 11.6 Å². The number of benzene rings is 1. The van der Waals surface area contributed by atoms with Gasteiger partial charge in [0.05, 0.1) is 0 Å². The average molecular weight is 453 g/mol. The molecular formula is C17H30ClIN4. The largest absolute Gasteiger partial charge is 0.355 e. The minimum Gasteiger partial charge on any atom is -0.355 e. The average Bonchev–Trinajstić information content (AvgIpc) is 2.47. The van der Waals surface area contributed by atoms with Gasteiger partial charge in [0.1, 0.15) is 0 Å². The van der Waals surface area contributed by atoms with E-state index in [2.05, 4.69) is 48.2 Å². The molecule has 1 aromatic carbocycles. The second-order valence-electron chi connectivity index (χ2n) is 5.90. The number of aliphatic imine (C=N–C) groups is 1. The molecule has 0 unspecified atom stereocenters. The Morgan fingerprint density at radius 2 is 1.65 bits per heavy atom. The molecule has 0 aliphatic rings. The van der Waals surface area contributed by atoms with Crippen LogP contribution >= 0.6 is 35.6 Å². The van der Waals surface area contributed by atoms with Crippen molar-refractivity contribution in [2.75, 3.05) is 20.1 Å². The summed E-state index contributed by atoms with van der Waals surface area (Å²) in [5, 5.41) is 7.44. The van der Waals surface area contributed by atoms with Crippen LogP contribution < -0.4 is 10.6 Å². The van der Waals surface area contributed by atoms with Crippen LogP contribution in [0.5, 0.6) is 0 Å². The number of hydrogen-bond acceptors (Lipinski definition) is 2. The molecular weight excluding hydrogens is 423 g/mol. The molecule has 2 N–H and O–H groups in total. The van der Waals surface area contributed by atoms with Gasteiger partial charge in [-0.2, -0.15) is 0 Å². The lowest BCUT2D eigenvalue weighted by Gasteiger charge is -2.30. The summed E-state index contributed by atoms with van der Waals surface area (Å²) < 4.78 is 0. The highest BCUT2D eigenvalue weighted by atomic mass is 127. The summed E-state index contributed by atoms with van der Waals surface area (Å²) in [6.45, 7) is 11.5. The predicted octanol–water partition coefficient (Wildman–Crippen LogP) is 3.74. The molecule has 0 spiro atoms. The zero-order chi connectivity index (χ0) is 16.5. The summed E-state index contributed by atoms with van der Waals surface area (Å²) in [5.41, 5.74) is 1.18. The van der Waals surface area contributed by atoms with Crippen molar-refractivity contribution in [3.8, 4) is 0 Å². The van der Waals surface area contributed by atoms with Crippen LogP contribution in [-0.2, 0) is 6.54 Å². The van der Waals surface area contributed by atoms with Crippen molar-refractivity contribution in [1.29, 1.82) is 0 Å². The number of hydrogen-bond donors (Lipinski definition) is 2. The topological polar surface area (TPSA) is 39.7 Å². The van der Waals surface area contributed by atoms with Crippen molar-refractivity contribution in [1.82, 2.24) is 15.5 Å². The highest BCUT2D eigenvalue weighted by molar-refractivity contribution is 14.0. The quantitative estimate of drug-likeness (QED) is 0.376. The molecule has 0 atom stereocenters. The Kier molecular flexibility index (Phi) is 11.6. The van der Waals surface area contributed by atoms with Gasteiger partial charge in [-0.05, 0) is 45.4 Å². The van der Waals surface area contributed by atoms with Gasteiger partial charge < -0.3 is 10.6 Å². The number of guanidine groups is 1. The third-order valence-electron chi connectivity index (χ3n) is 3.59. The Morgan fingerprint density at radius 1 is 1.09 bits per heavy atom. The zero-order valence-electron chi connectivity index (χ0n) is 14.8. The van der Waals surface area contributed by atoms with Crippen molar-refractivity contribution in [3.05, 3.63) is 34.9 Å². The van der Waals surface area contributed by atoms with Gasteiger partial charge in [-0.15, -0.1) is 24.0 Å².